The van der Waals surface area contributed by atoms with Crippen molar-refractivity contribution in [3.05, 3.63) is 58.1 Å². The molecule has 1 aliphatic rings. The van der Waals surface area contributed by atoms with Crippen molar-refractivity contribution in [3.8, 4) is 5.75 Å². The monoisotopic (exact) mass is 433 g/mol. The second-order valence-electron chi connectivity index (χ2n) is 7.57. The lowest BCUT2D eigenvalue weighted by Crippen LogP contribution is -2.35. The number of rotatable bonds is 8. The van der Waals surface area contributed by atoms with Crippen LogP contribution in [0.15, 0.2) is 47.4 Å². The number of nitro groups is 1. The standard InChI is InChI=1S/C21H27N3O5S/c1-16(2)29-21-11-10-19(30(27,28)23-12-4-3-5-13-23)14-20(21)22-15-17-6-8-18(9-7-17)24(25)26/h6-11,14,16,22H,3-5,12-13,15H2,1-2H3. The number of ether oxygens (including phenoxy) is 1. The van der Waals surface area contributed by atoms with E-state index in [0.29, 0.717) is 31.1 Å². The highest BCUT2D eigenvalue weighted by atomic mass is 32.2. The third-order valence-corrected chi connectivity index (χ3v) is 6.79. The van der Waals surface area contributed by atoms with E-state index in [1.165, 1.54) is 16.4 Å². The quantitative estimate of drug-likeness (QED) is 0.495. The summed E-state index contributed by atoms with van der Waals surface area (Å²) in [4.78, 5) is 10.6. The maximum absolute atomic E-state index is 13.0. The van der Waals surface area contributed by atoms with Crippen LogP contribution in [0.5, 0.6) is 5.75 Å². The Morgan fingerprint density at radius 1 is 1.10 bits per heavy atom. The molecule has 0 radical (unpaired) electrons. The number of benzene rings is 2. The van der Waals surface area contributed by atoms with Crippen LogP contribution in [-0.2, 0) is 16.6 Å². The zero-order valence-corrected chi connectivity index (χ0v) is 18.0. The largest absolute Gasteiger partial charge is 0.489 e. The Morgan fingerprint density at radius 2 is 1.77 bits per heavy atom. The molecule has 162 valence electrons. The number of non-ortho nitro benzene ring substituents is 1. The number of anilines is 1. The van der Waals surface area contributed by atoms with Gasteiger partial charge in [0.1, 0.15) is 5.75 Å². The minimum atomic E-state index is -3.57. The van der Waals surface area contributed by atoms with Gasteiger partial charge >= 0.3 is 0 Å². The van der Waals surface area contributed by atoms with Crippen LogP contribution in [0.2, 0.25) is 0 Å². The Morgan fingerprint density at radius 3 is 2.37 bits per heavy atom. The summed E-state index contributed by atoms with van der Waals surface area (Å²) < 4.78 is 33.5. The fourth-order valence-corrected chi connectivity index (χ4v) is 4.90. The van der Waals surface area contributed by atoms with Crippen LogP contribution >= 0.6 is 0 Å². The lowest BCUT2D eigenvalue weighted by molar-refractivity contribution is -0.384. The number of sulfonamides is 1. The maximum atomic E-state index is 13.0. The predicted octanol–water partition coefficient (Wildman–Crippen LogP) is 4.17. The Balaban J connectivity index is 1.84. The van der Waals surface area contributed by atoms with Gasteiger partial charge in [0.25, 0.3) is 5.69 Å². The molecule has 1 aliphatic heterocycles. The average Bonchev–Trinajstić information content (AvgIpc) is 2.73. The van der Waals surface area contributed by atoms with E-state index in [1.54, 1.807) is 30.3 Å². The smallest absolute Gasteiger partial charge is 0.269 e. The van der Waals surface area contributed by atoms with Crippen molar-refractivity contribution in [2.24, 2.45) is 0 Å². The summed E-state index contributed by atoms with van der Waals surface area (Å²) in [6, 6.07) is 11.1. The number of hydrogen-bond acceptors (Lipinski definition) is 6. The minimum absolute atomic E-state index is 0.0252. The Labute approximate surface area is 177 Å². The van der Waals surface area contributed by atoms with Crippen molar-refractivity contribution in [1.82, 2.24) is 4.31 Å². The van der Waals surface area contributed by atoms with Crippen LogP contribution in [0.1, 0.15) is 38.7 Å². The van der Waals surface area contributed by atoms with Gasteiger partial charge in [0.15, 0.2) is 0 Å². The number of nitrogens with one attached hydrogen (secondary N) is 1. The fraction of sp³-hybridized carbons (Fsp3) is 0.429. The molecular weight excluding hydrogens is 406 g/mol. The van der Waals surface area contributed by atoms with Crippen molar-refractivity contribution in [2.45, 2.75) is 50.7 Å². The molecule has 2 aromatic rings. The number of hydrogen-bond donors (Lipinski definition) is 1. The SMILES string of the molecule is CC(C)Oc1ccc(S(=O)(=O)N2CCCCC2)cc1NCc1ccc([N+](=O)[O-])cc1. The molecular formula is C21H27N3O5S. The van der Waals surface area contributed by atoms with Gasteiger partial charge in [-0.1, -0.05) is 18.6 Å². The van der Waals surface area contributed by atoms with Crippen molar-refractivity contribution in [1.29, 1.82) is 0 Å². The van der Waals surface area contributed by atoms with Gasteiger partial charge in [0, 0.05) is 31.8 Å². The lowest BCUT2D eigenvalue weighted by atomic mass is 10.2. The Hall–Kier alpha value is -2.65. The third kappa shape index (κ3) is 5.28. The van der Waals surface area contributed by atoms with Gasteiger partial charge in [0.2, 0.25) is 10.0 Å². The van der Waals surface area contributed by atoms with Gasteiger partial charge in [-0.2, -0.15) is 4.31 Å². The van der Waals surface area contributed by atoms with E-state index in [9.17, 15) is 18.5 Å². The van der Waals surface area contributed by atoms with Crippen LogP contribution in [0, 0.1) is 10.1 Å². The normalized spacial score (nSPS) is 15.2. The molecule has 30 heavy (non-hydrogen) atoms. The first-order valence-electron chi connectivity index (χ1n) is 10.1. The van der Waals surface area contributed by atoms with Gasteiger partial charge in [-0.05, 0) is 50.5 Å². The summed E-state index contributed by atoms with van der Waals surface area (Å²) in [5, 5.41) is 14.0. The van der Waals surface area contributed by atoms with Crippen molar-refractivity contribution in [2.75, 3.05) is 18.4 Å². The lowest BCUT2D eigenvalue weighted by Gasteiger charge is -2.26. The van der Waals surface area contributed by atoms with Crippen molar-refractivity contribution < 1.29 is 18.1 Å². The molecule has 0 spiro atoms. The number of nitro benzene ring substituents is 1. The molecule has 1 fully saturated rings. The highest BCUT2D eigenvalue weighted by Crippen LogP contribution is 2.31. The molecule has 2 aromatic carbocycles. The topological polar surface area (TPSA) is 102 Å². The molecule has 1 heterocycles. The molecule has 8 nitrogen and oxygen atoms in total. The molecule has 0 amide bonds. The fourth-order valence-electron chi connectivity index (χ4n) is 3.35. The molecule has 1 N–H and O–H groups in total. The second kappa shape index (κ2) is 9.44. The summed E-state index contributed by atoms with van der Waals surface area (Å²) in [6.45, 7) is 5.26. The Kier molecular flexibility index (Phi) is 6.94. The molecule has 0 aliphatic carbocycles. The van der Waals surface area contributed by atoms with Crippen LogP contribution in [-0.4, -0.2) is 36.8 Å². The summed E-state index contributed by atoms with van der Waals surface area (Å²) in [5.74, 6) is 0.560. The van der Waals surface area contributed by atoms with Gasteiger partial charge in [-0.3, -0.25) is 10.1 Å². The molecule has 1 saturated heterocycles. The Bertz CT molecular complexity index is 984. The number of piperidine rings is 1. The molecule has 9 heteroatoms. The van der Waals surface area contributed by atoms with E-state index in [2.05, 4.69) is 5.32 Å². The first-order valence-corrected chi connectivity index (χ1v) is 11.5. The van der Waals surface area contributed by atoms with Gasteiger partial charge in [0.05, 0.1) is 21.6 Å². The van der Waals surface area contributed by atoms with E-state index in [0.717, 1.165) is 24.8 Å². The molecule has 0 bridgehead atoms. The molecule has 0 atom stereocenters. The molecule has 0 saturated carbocycles. The summed E-state index contributed by atoms with van der Waals surface area (Å²) in [6.07, 6.45) is 2.72. The molecule has 3 rings (SSSR count). The molecule has 0 aromatic heterocycles. The van der Waals surface area contributed by atoms with E-state index >= 15 is 0 Å². The van der Waals surface area contributed by atoms with Gasteiger partial charge in [-0.15, -0.1) is 0 Å². The van der Waals surface area contributed by atoms with Crippen molar-refractivity contribution in [3.63, 3.8) is 0 Å². The van der Waals surface area contributed by atoms with E-state index in [1.807, 2.05) is 13.8 Å². The summed E-state index contributed by atoms with van der Waals surface area (Å²) in [7, 11) is -3.57. The highest BCUT2D eigenvalue weighted by molar-refractivity contribution is 7.89. The van der Waals surface area contributed by atoms with E-state index in [-0.39, 0.29) is 16.7 Å². The van der Waals surface area contributed by atoms with Gasteiger partial charge < -0.3 is 10.1 Å². The maximum Gasteiger partial charge on any atom is 0.269 e. The average molecular weight is 434 g/mol. The number of nitrogens with zero attached hydrogens (tertiary/aromatic N) is 2. The highest BCUT2D eigenvalue weighted by Gasteiger charge is 2.26. The van der Waals surface area contributed by atoms with Crippen molar-refractivity contribution >= 4 is 21.4 Å². The predicted molar refractivity (Wildman–Crippen MR) is 115 cm³/mol. The zero-order valence-electron chi connectivity index (χ0n) is 17.2. The van der Waals surface area contributed by atoms with Crippen LogP contribution in [0.25, 0.3) is 0 Å². The van der Waals surface area contributed by atoms with Crippen LogP contribution < -0.4 is 10.1 Å². The third-order valence-electron chi connectivity index (χ3n) is 4.90. The summed E-state index contributed by atoms with van der Waals surface area (Å²) >= 11 is 0. The first kappa shape index (κ1) is 22.0. The second-order valence-corrected chi connectivity index (χ2v) is 9.50. The minimum Gasteiger partial charge on any atom is -0.489 e. The molecule has 0 unspecified atom stereocenters. The zero-order chi connectivity index (χ0) is 21.7. The summed E-state index contributed by atoms with van der Waals surface area (Å²) in [5.41, 5.74) is 1.43. The first-order chi connectivity index (χ1) is 14.3. The van der Waals surface area contributed by atoms with E-state index in [4.69, 9.17) is 4.74 Å². The van der Waals surface area contributed by atoms with Crippen LogP contribution in [0.3, 0.4) is 0 Å². The van der Waals surface area contributed by atoms with Gasteiger partial charge in [-0.25, -0.2) is 8.42 Å². The van der Waals surface area contributed by atoms with Crippen LogP contribution in [0.4, 0.5) is 11.4 Å². The van der Waals surface area contributed by atoms with E-state index < -0.39 is 14.9 Å².